The van der Waals surface area contributed by atoms with Crippen molar-refractivity contribution < 1.29 is 4.79 Å². The Morgan fingerprint density at radius 2 is 1.96 bits per heavy atom. The number of nitrogens with zero attached hydrogens (tertiary/aromatic N) is 6. The molecule has 24 heavy (non-hydrogen) atoms. The molecule has 1 amide bonds. The van der Waals surface area contributed by atoms with Crippen molar-refractivity contribution in [3.05, 3.63) is 48.7 Å². The van der Waals surface area contributed by atoms with Crippen LogP contribution in [0.2, 0.25) is 0 Å². The summed E-state index contributed by atoms with van der Waals surface area (Å²) in [6.07, 6.45) is 5.04. The molecule has 0 radical (unpaired) electrons. The smallest absolute Gasteiger partial charge is 0.272 e. The van der Waals surface area contributed by atoms with E-state index in [0.717, 1.165) is 29.7 Å². The third-order valence-corrected chi connectivity index (χ3v) is 4.46. The van der Waals surface area contributed by atoms with Crippen LogP contribution in [-0.2, 0) is 7.05 Å². The first-order valence-electron chi connectivity index (χ1n) is 7.94. The summed E-state index contributed by atoms with van der Waals surface area (Å²) in [5.41, 5.74) is 2.72. The first kappa shape index (κ1) is 14.6. The van der Waals surface area contributed by atoms with E-state index < -0.39 is 0 Å². The highest BCUT2D eigenvalue weighted by atomic mass is 16.2. The van der Waals surface area contributed by atoms with Crippen LogP contribution >= 0.6 is 0 Å². The van der Waals surface area contributed by atoms with Crippen LogP contribution in [0.5, 0.6) is 0 Å². The van der Waals surface area contributed by atoms with Gasteiger partial charge in [0, 0.05) is 56.7 Å². The van der Waals surface area contributed by atoms with Gasteiger partial charge in [0.2, 0.25) is 0 Å². The van der Waals surface area contributed by atoms with Gasteiger partial charge in [-0.05, 0) is 24.3 Å². The zero-order valence-electron chi connectivity index (χ0n) is 13.5. The van der Waals surface area contributed by atoms with Gasteiger partial charge in [-0.1, -0.05) is 0 Å². The zero-order valence-corrected chi connectivity index (χ0v) is 13.5. The summed E-state index contributed by atoms with van der Waals surface area (Å²) in [4.78, 5) is 25.0. The van der Waals surface area contributed by atoms with Gasteiger partial charge in [0.1, 0.15) is 12.0 Å². The zero-order chi connectivity index (χ0) is 16.5. The van der Waals surface area contributed by atoms with Crippen LogP contribution in [0.1, 0.15) is 10.5 Å². The summed E-state index contributed by atoms with van der Waals surface area (Å²) >= 11 is 0. The van der Waals surface area contributed by atoms with Crippen LogP contribution in [0.15, 0.2) is 43.0 Å². The lowest BCUT2D eigenvalue weighted by atomic mass is 10.2. The Balaban J connectivity index is 1.47. The second-order valence-corrected chi connectivity index (χ2v) is 5.89. The molecule has 0 aliphatic carbocycles. The molecule has 3 aromatic rings. The summed E-state index contributed by atoms with van der Waals surface area (Å²) < 4.78 is 1.62. The highest BCUT2D eigenvalue weighted by Gasteiger charge is 2.24. The summed E-state index contributed by atoms with van der Waals surface area (Å²) in [6.45, 7) is 3.02. The van der Waals surface area contributed by atoms with Crippen molar-refractivity contribution in [2.75, 3.05) is 31.1 Å². The van der Waals surface area contributed by atoms with Crippen LogP contribution in [-0.4, -0.2) is 56.7 Å². The van der Waals surface area contributed by atoms with Crippen molar-refractivity contribution in [1.82, 2.24) is 24.6 Å². The van der Waals surface area contributed by atoms with E-state index in [4.69, 9.17) is 0 Å². The van der Waals surface area contributed by atoms with Crippen molar-refractivity contribution in [3.8, 4) is 0 Å². The number of carbonyl (C=O) groups excluding carboxylic acids is 1. The Hall–Kier alpha value is -2.96. The van der Waals surface area contributed by atoms with Gasteiger partial charge in [-0.2, -0.15) is 5.10 Å². The van der Waals surface area contributed by atoms with Gasteiger partial charge >= 0.3 is 0 Å². The predicted octanol–water partition coefficient (Wildman–Crippen LogP) is 1.33. The maximum atomic E-state index is 12.5. The molecule has 0 bridgehead atoms. The van der Waals surface area contributed by atoms with Crippen LogP contribution in [0.4, 0.5) is 5.69 Å². The molecule has 7 nitrogen and oxygen atoms in total. The summed E-state index contributed by atoms with van der Waals surface area (Å²) in [7, 11) is 1.79. The second-order valence-electron chi connectivity index (χ2n) is 5.89. The lowest BCUT2D eigenvalue weighted by molar-refractivity contribution is 0.0735. The van der Waals surface area contributed by atoms with Gasteiger partial charge in [-0.25, -0.2) is 9.97 Å². The molecular weight excluding hydrogens is 304 g/mol. The van der Waals surface area contributed by atoms with Gasteiger partial charge in [-0.15, -0.1) is 0 Å². The average Bonchev–Trinajstić information content (AvgIpc) is 3.07. The largest absolute Gasteiger partial charge is 0.368 e. The number of aryl methyl sites for hydroxylation is 1. The molecule has 1 aliphatic rings. The van der Waals surface area contributed by atoms with Gasteiger partial charge in [0.05, 0.1) is 5.52 Å². The molecule has 1 aromatic carbocycles. The molecule has 0 N–H and O–H groups in total. The number of amides is 1. The lowest BCUT2D eigenvalue weighted by Gasteiger charge is -2.36. The minimum absolute atomic E-state index is 0.0431. The second kappa shape index (κ2) is 5.92. The number of fused-ring (bicyclic) bond motifs is 1. The first-order chi connectivity index (χ1) is 11.7. The monoisotopic (exact) mass is 322 g/mol. The highest BCUT2D eigenvalue weighted by Crippen LogP contribution is 2.22. The maximum absolute atomic E-state index is 12.5. The third-order valence-electron chi connectivity index (χ3n) is 4.46. The molecule has 1 aliphatic heterocycles. The van der Waals surface area contributed by atoms with E-state index in [-0.39, 0.29) is 5.91 Å². The lowest BCUT2D eigenvalue weighted by Crippen LogP contribution is -2.49. The average molecular weight is 322 g/mol. The Morgan fingerprint density at radius 1 is 1.12 bits per heavy atom. The Morgan fingerprint density at radius 3 is 2.71 bits per heavy atom. The molecule has 2 aromatic heterocycles. The normalized spacial score (nSPS) is 15.0. The molecule has 3 heterocycles. The number of aromatic nitrogens is 4. The molecule has 4 rings (SSSR count). The summed E-state index contributed by atoms with van der Waals surface area (Å²) in [5.74, 6) is 0.0431. The molecule has 1 saturated heterocycles. The van der Waals surface area contributed by atoms with E-state index in [1.54, 1.807) is 30.3 Å². The number of hydrogen-bond acceptors (Lipinski definition) is 5. The predicted molar refractivity (Wildman–Crippen MR) is 90.9 cm³/mol. The molecule has 0 atom stereocenters. The first-order valence-corrected chi connectivity index (χ1v) is 7.94. The number of carbonyl (C=O) groups is 1. The number of piperazine rings is 1. The van der Waals surface area contributed by atoms with Crippen molar-refractivity contribution in [2.45, 2.75) is 0 Å². The van der Waals surface area contributed by atoms with E-state index in [9.17, 15) is 4.79 Å². The van der Waals surface area contributed by atoms with E-state index in [0.29, 0.717) is 18.8 Å². The number of benzene rings is 1. The fourth-order valence-corrected chi connectivity index (χ4v) is 3.08. The van der Waals surface area contributed by atoms with Gasteiger partial charge in [-0.3, -0.25) is 9.48 Å². The Kier molecular flexibility index (Phi) is 3.60. The molecule has 122 valence electrons. The Labute approximate surface area is 139 Å². The number of rotatable bonds is 2. The van der Waals surface area contributed by atoms with Crippen molar-refractivity contribution in [2.24, 2.45) is 7.05 Å². The summed E-state index contributed by atoms with van der Waals surface area (Å²) in [5, 5.41) is 5.10. The molecular formula is C17H18N6O. The minimum Gasteiger partial charge on any atom is -0.368 e. The van der Waals surface area contributed by atoms with Crippen LogP contribution in [0.25, 0.3) is 10.9 Å². The minimum atomic E-state index is 0.0431. The van der Waals surface area contributed by atoms with Crippen LogP contribution in [0.3, 0.4) is 0 Å². The highest BCUT2D eigenvalue weighted by molar-refractivity contribution is 5.92. The number of anilines is 1. The summed E-state index contributed by atoms with van der Waals surface area (Å²) in [6, 6.07) is 7.96. The van der Waals surface area contributed by atoms with E-state index in [1.165, 1.54) is 0 Å². The van der Waals surface area contributed by atoms with Crippen molar-refractivity contribution in [3.63, 3.8) is 0 Å². The van der Waals surface area contributed by atoms with Gasteiger partial charge in [0.25, 0.3) is 5.91 Å². The van der Waals surface area contributed by atoms with Crippen molar-refractivity contribution in [1.29, 1.82) is 0 Å². The third kappa shape index (κ3) is 2.58. The van der Waals surface area contributed by atoms with Gasteiger partial charge in [0.15, 0.2) is 0 Å². The van der Waals surface area contributed by atoms with E-state index in [1.807, 2.05) is 17.2 Å². The molecule has 1 fully saturated rings. The van der Waals surface area contributed by atoms with E-state index in [2.05, 4.69) is 32.1 Å². The van der Waals surface area contributed by atoms with Crippen LogP contribution in [0, 0.1) is 0 Å². The molecule has 0 unspecified atom stereocenters. The molecule has 0 spiro atoms. The number of hydrogen-bond donors (Lipinski definition) is 0. The quantitative estimate of drug-likeness (QED) is 0.712. The molecule has 7 heteroatoms. The maximum Gasteiger partial charge on any atom is 0.272 e. The fraction of sp³-hybridized carbons (Fsp3) is 0.294. The fourth-order valence-electron chi connectivity index (χ4n) is 3.08. The van der Waals surface area contributed by atoms with E-state index >= 15 is 0 Å². The SMILES string of the molecule is Cn1nccc1C(=O)N1CCN(c2ccc3ncncc3c2)CC1. The van der Waals surface area contributed by atoms with Gasteiger partial charge < -0.3 is 9.80 Å². The standard InChI is InChI=1S/C17H18N6O/c1-21-16(4-5-20-21)17(24)23-8-6-22(7-9-23)14-2-3-15-13(10-14)11-18-12-19-15/h2-5,10-12H,6-9H2,1H3. The van der Waals surface area contributed by atoms with Crippen molar-refractivity contribution >= 4 is 22.5 Å². The molecule has 0 saturated carbocycles. The Bertz CT molecular complexity index is 881. The topological polar surface area (TPSA) is 67.2 Å². The van der Waals surface area contributed by atoms with Crippen LogP contribution < -0.4 is 4.90 Å².